The number of thiophene rings is 1. The van der Waals surface area contributed by atoms with Crippen molar-refractivity contribution in [3.63, 3.8) is 0 Å². The second-order valence-corrected chi connectivity index (χ2v) is 11.0. The molecule has 0 unspecified atom stereocenters. The molecule has 1 N–H and O–H groups in total. The average Bonchev–Trinajstić information content (AvgIpc) is 3.37. The molecule has 1 fully saturated rings. The van der Waals surface area contributed by atoms with Crippen LogP contribution in [0, 0.1) is 0 Å². The van der Waals surface area contributed by atoms with Crippen LogP contribution in [0.4, 0.5) is 10.5 Å². The smallest absolute Gasteiger partial charge is 0.322 e. The van der Waals surface area contributed by atoms with E-state index in [9.17, 15) is 9.59 Å². The van der Waals surface area contributed by atoms with Gasteiger partial charge in [-0.3, -0.25) is 9.69 Å². The van der Waals surface area contributed by atoms with E-state index in [1.54, 1.807) is 41.5 Å². The molecule has 0 bridgehead atoms. The Morgan fingerprint density at radius 1 is 1.11 bits per heavy atom. The minimum absolute atomic E-state index is 0.0343. The van der Waals surface area contributed by atoms with E-state index in [1.807, 2.05) is 30.0 Å². The van der Waals surface area contributed by atoms with Crippen molar-refractivity contribution in [3.8, 4) is 5.75 Å². The topological polar surface area (TPSA) is 65.1 Å². The number of hydrogen-bond donors (Lipinski definition) is 1. The SMILES string of the molecule is COc1ccc([C@H]2c3ccsc3CCN2CC(=O)N2CCN(C(=O)Nc3cccc(Cl)c3)[C@H](C)C2)cc1. The first kappa shape index (κ1) is 25.6. The monoisotopic (exact) mass is 538 g/mol. The third-order valence-corrected chi connectivity index (χ3v) is 8.38. The highest BCUT2D eigenvalue weighted by molar-refractivity contribution is 7.10. The van der Waals surface area contributed by atoms with Gasteiger partial charge in [0, 0.05) is 47.8 Å². The first-order chi connectivity index (χ1) is 17.9. The molecule has 5 rings (SSSR count). The summed E-state index contributed by atoms with van der Waals surface area (Å²) >= 11 is 7.83. The number of methoxy groups -OCH3 is 1. The highest BCUT2D eigenvalue weighted by atomic mass is 35.5. The molecule has 194 valence electrons. The lowest BCUT2D eigenvalue weighted by Crippen LogP contribution is -2.58. The van der Waals surface area contributed by atoms with E-state index in [2.05, 4.69) is 33.8 Å². The Labute approximate surface area is 226 Å². The standard InChI is InChI=1S/C28H31ClN4O3S/c1-19-17-31(13-14-33(19)28(35)30-22-5-3-4-21(29)16-22)26(34)18-32-12-10-25-24(11-15-37-25)27(32)20-6-8-23(36-2)9-7-20/h3-9,11,15-16,19,27H,10,12-14,17-18H2,1-2H3,(H,30,35)/t19-,27+/m1/s1. The lowest BCUT2D eigenvalue weighted by Gasteiger charge is -2.41. The second-order valence-electron chi connectivity index (χ2n) is 9.52. The summed E-state index contributed by atoms with van der Waals surface area (Å²) in [4.78, 5) is 33.7. The van der Waals surface area contributed by atoms with Crippen LogP contribution in [0.3, 0.4) is 0 Å². The summed E-state index contributed by atoms with van der Waals surface area (Å²) in [5.41, 5.74) is 3.10. The molecule has 9 heteroatoms. The van der Waals surface area contributed by atoms with E-state index in [4.69, 9.17) is 16.3 Å². The first-order valence-corrected chi connectivity index (χ1v) is 13.7. The van der Waals surface area contributed by atoms with Gasteiger partial charge in [-0.1, -0.05) is 29.8 Å². The largest absolute Gasteiger partial charge is 0.497 e. The fourth-order valence-electron chi connectivity index (χ4n) is 5.24. The van der Waals surface area contributed by atoms with Crippen molar-refractivity contribution in [1.82, 2.24) is 14.7 Å². The Hall–Kier alpha value is -3.07. The van der Waals surface area contributed by atoms with Crippen molar-refractivity contribution in [2.24, 2.45) is 0 Å². The summed E-state index contributed by atoms with van der Waals surface area (Å²) in [7, 11) is 1.67. The van der Waals surface area contributed by atoms with Crippen molar-refractivity contribution < 1.29 is 14.3 Å². The number of hydrogen-bond acceptors (Lipinski definition) is 5. The number of amides is 3. The van der Waals surface area contributed by atoms with E-state index in [0.29, 0.717) is 36.9 Å². The van der Waals surface area contributed by atoms with Gasteiger partial charge in [-0.2, -0.15) is 0 Å². The van der Waals surface area contributed by atoms with E-state index in [1.165, 1.54) is 10.4 Å². The molecule has 2 atom stereocenters. The molecule has 7 nitrogen and oxygen atoms in total. The highest BCUT2D eigenvalue weighted by Crippen LogP contribution is 2.38. The number of rotatable bonds is 5. The molecule has 1 aromatic heterocycles. The predicted octanol–water partition coefficient (Wildman–Crippen LogP) is 5.12. The van der Waals surface area contributed by atoms with Crippen molar-refractivity contribution in [2.45, 2.75) is 25.4 Å². The van der Waals surface area contributed by atoms with Crippen molar-refractivity contribution >= 4 is 40.6 Å². The zero-order valence-corrected chi connectivity index (χ0v) is 22.6. The van der Waals surface area contributed by atoms with E-state index in [0.717, 1.165) is 24.3 Å². The van der Waals surface area contributed by atoms with Crippen molar-refractivity contribution in [1.29, 1.82) is 0 Å². The van der Waals surface area contributed by atoms with Gasteiger partial charge in [0.1, 0.15) is 5.75 Å². The molecule has 2 aliphatic heterocycles. The number of piperazine rings is 1. The van der Waals surface area contributed by atoms with Gasteiger partial charge in [-0.25, -0.2) is 4.79 Å². The summed E-state index contributed by atoms with van der Waals surface area (Å²) in [6.45, 7) is 4.65. The molecule has 2 aromatic carbocycles. The van der Waals surface area contributed by atoms with E-state index in [-0.39, 0.29) is 24.0 Å². The molecule has 3 amide bonds. The van der Waals surface area contributed by atoms with Crippen LogP contribution in [0.25, 0.3) is 0 Å². The Morgan fingerprint density at radius 2 is 1.92 bits per heavy atom. The van der Waals surface area contributed by atoms with Crippen LogP contribution in [0.15, 0.2) is 60.0 Å². The molecule has 1 saturated heterocycles. The number of carbonyl (C=O) groups excluding carboxylic acids is 2. The molecule has 0 radical (unpaired) electrons. The summed E-state index contributed by atoms with van der Waals surface area (Å²) in [5.74, 6) is 0.915. The third-order valence-electron chi connectivity index (χ3n) is 7.15. The Bertz CT molecular complexity index is 1260. The molecule has 37 heavy (non-hydrogen) atoms. The Kier molecular flexibility index (Phi) is 7.69. The number of fused-ring (bicyclic) bond motifs is 1. The van der Waals surface area contributed by atoms with Gasteiger partial charge in [0.15, 0.2) is 0 Å². The van der Waals surface area contributed by atoms with Gasteiger partial charge >= 0.3 is 6.03 Å². The summed E-state index contributed by atoms with van der Waals surface area (Å²) in [5, 5.41) is 5.63. The minimum Gasteiger partial charge on any atom is -0.497 e. The van der Waals surface area contributed by atoms with Crippen LogP contribution in [-0.4, -0.2) is 72.5 Å². The van der Waals surface area contributed by atoms with Crippen LogP contribution >= 0.6 is 22.9 Å². The fourth-order valence-corrected chi connectivity index (χ4v) is 6.33. The molecular formula is C28H31ClN4O3S. The minimum atomic E-state index is -0.178. The summed E-state index contributed by atoms with van der Waals surface area (Å²) in [6.07, 6.45) is 0.945. The normalized spacial score (nSPS) is 19.9. The van der Waals surface area contributed by atoms with Crippen LogP contribution in [0.1, 0.15) is 29.0 Å². The number of carbonyl (C=O) groups is 2. The van der Waals surface area contributed by atoms with Gasteiger partial charge in [-0.05, 0) is 66.2 Å². The molecular weight excluding hydrogens is 508 g/mol. The van der Waals surface area contributed by atoms with Crippen LogP contribution in [-0.2, 0) is 11.2 Å². The van der Waals surface area contributed by atoms with Crippen LogP contribution < -0.4 is 10.1 Å². The second kappa shape index (κ2) is 11.1. The summed E-state index contributed by atoms with van der Waals surface area (Å²) < 4.78 is 5.34. The van der Waals surface area contributed by atoms with E-state index < -0.39 is 0 Å². The molecule has 0 spiro atoms. The maximum Gasteiger partial charge on any atom is 0.322 e. The summed E-state index contributed by atoms with van der Waals surface area (Å²) in [6, 6.07) is 17.2. The number of benzene rings is 2. The molecule has 0 saturated carbocycles. The average molecular weight is 539 g/mol. The predicted molar refractivity (Wildman–Crippen MR) is 148 cm³/mol. The highest BCUT2D eigenvalue weighted by Gasteiger charge is 2.34. The number of nitrogens with one attached hydrogen (secondary N) is 1. The number of halogens is 1. The molecule has 2 aliphatic rings. The third kappa shape index (κ3) is 5.61. The van der Waals surface area contributed by atoms with Gasteiger partial charge in [-0.15, -0.1) is 11.3 Å². The molecule has 3 heterocycles. The van der Waals surface area contributed by atoms with Gasteiger partial charge in [0.25, 0.3) is 0 Å². The van der Waals surface area contributed by atoms with Gasteiger partial charge in [0.2, 0.25) is 5.91 Å². The van der Waals surface area contributed by atoms with Crippen molar-refractivity contribution in [2.75, 3.05) is 45.2 Å². The Morgan fingerprint density at radius 3 is 2.65 bits per heavy atom. The lowest BCUT2D eigenvalue weighted by molar-refractivity contribution is -0.135. The number of ether oxygens (including phenoxy) is 1. The van der Waals surface area contributed by atoms with Gasteiger partial charge < -0.3 is 19.9 Å². The van der Waals surface area contributed by atoms with Crippen LogP contribution in [0.5, 0.6) is 5.75 Å². The maximum absolute atomic E-state index is 13.5. The van der Waals surface area contributed by atoms with E-state index >= 15 is 0 Å². The Balaban J connectivity index is 1.24. The fraction of sp³-hybridized carbons (Fsp3) is 0.357. The molecule has 0 aliphatic carbocycles. The molecule has 3 aromatic rings. The van der Waals surface area contributed by atoms with Crippen LogP contribution in [0.2, 0.25) is 5.02 Å². The van der Waals surface area contributed by atoms with Crippen molar-refractivity contribution in [3.05, 3.63) is 81.0 Å². The zero-order valence-electron chi connectivity index (χ0n) is 21.0. The van der Waals surface area contributed by atoms with Gasteiger partial charge in [0.05, 0.1) is 19.7 Å². The number of nitrogens with zero attached hydrogens (tertiary/aromatic N) is 3. The first-order valence-electron chi connectivity index (χ1n) is 12.5. The number of urea groups is 1. The number of anilines is 1. The lowest BCUT2D eigenvalue weighted by atomic mass is 9.93. The maximum atomic E-state index is 13.5. The quantitative estimate of drug-likeness (QED) is 0.489. The zero-order chi connectivity index (χ0) is 25.9.